The Morgan fingerprint density at radius 1 is 0.967 bits per heavy atom. The van der Waals surface area contributed by atoms with Gasteiger partial charge in [-0.1, -0.05) is 29.3 Å². The number of imide groups is 1. The first-order valence-corrected chi connectivity index (χ1v) is 10.6. The van der Waals surface area contributed by atoms with Crippen molar-refractivity contribution >= 4 is 33.5 Å². The highest BCUT2D eigenvalue weighted by Gasteiger charge is 2.44. The summed E-state index contributed by atoms with van der Waals surface area (Å²) in [5.41, 5.74) is -1.41. The standard InChI is InChI=1S/C20H18N2O7S/c1-12(23)21-20(2,13-8-10-14(11-9-13)30(3,27)28)19(26)29-22-17(24)15-6-4-5-7-16(15)18(22)25/h4-11H,1-3H3,(H,21,23). The Balaban J connectivity index is 1.94. The second-order valence-electron chi connectivity index (χ2n) is 6.93. The number of carbonyl (C=O) groups is 4. The van der Waals surface area contributed by atoms with Crippen molar-refractivity contribution in [1.29, 1.82) is 0 Å². The van der Waals surface area contributed by atoms with Gasteiger partial charge in [-0.05, 0) is 36.8 Å². The molecule has 1 N–H and O–H groups in total. The average molecular weight is 430 g/mol. The molecule has 1 atom stereocenters. The van der Waals surface area contributed by atoms with Crippen LogP contribution in [0.5, 0.6) is 0 Å². The second-order valence-corrected chi connectivity index (χ2v) is 8.95. The molecule has 0 bridgehead atoms. The van der Waals surface area contributed by atoms with E-state index < -0.39 is 39.1 Å². The van der Waals surface area contributed by atoms with E-state index >= 15 is 0 Å². The zero-order valence-electron chi connectivity index (χ0n) is 16.3. The Hall–Kier alpha value is -3.53. The van der Waals surface area contributed by atoms with Gasteiger partial charge in [0.05, 0.1) is 16.0 Å². The third-order valence-electron chi connectivity index (χ3n) is 4.63. The largest absolute Gasteiger partial charge is 0.362 e. The minimum Gasteiger partial charge on any atom is -0.337 e. The van der Waals surface area contributed by atoms with E-state index in [1.807, 2.05) is 0 Å². The van der Waals surface area contributed by atoms with Crippen LogP contribution in [0.1, 0.15) is 40.1 Å². The molecule has 1 unspecified atom stereocenters. The molecule has 2 aromatic carbocycles. The Bertz CT molecular complexity index is 1140. The highest BCUT2D eigenvalue weighted by molar-refractivity contribution is 7.90. The number of hydrogen-bond acceptors (Lipinski definition) is 7. The minimum absolute atomic E-state index is 0.0186. The van der Waals surface area contributed by atoms with Crippen LogP contribution in [-0.4, -0.2) is 43.4 Å². The summed E-state index contributed by atoms with van der Waals surface area (Å²) in [4.78, 5) is 54.8. The fourth-order valence-electron chi connectivity index (χ4n) is 3.05. The summed E-state index contributed by atoms with van der Waals surface area (Å²) < 4.78 is 23.3. The molecule has 0 radical (unpaired) electrons. The molecule has 9 nitrogen and oxygen atoms in total. The predicted octanol–water partition coefficient (Wildman–Crippen LogP) is 1.20. The lowest BCUT2D eigenvalue weighted by Crippen LogP contribution is -2.52. The average Bonchev–Trinajstić information content (AvgIpc) is 2.92. The third-order valence-corrected chi connectivity index (χ3v) is 5.75. The number of carbonyl (C=O) groups excluding carboxylic acids is 4. The number of benzene rings is 2. The van der Waals surface area contributed by atoms with Gasteiger partial charge in [-0.3, -0.25) is 14.4 Å². The quantitative estimate of drug-likeness (QED) is 0.706. The van der Waals surface area contributed by atoms with Crippen LogP contribution in [-0.2, 0) is 29.8 Å². The summed E-state index contributed by atoms with van der Waals surface area (Å²) in [5, 5.41) is 2.79. The van der Waals surface area contributed by atoms with Crippen molar-refractivity contribution in [2.75, 3.05) is 6.26 Å². The molecule has 0 aliphatic carbocycles. The normalized spacial score (nSPS) is 15.4. The van der Waals surface area contributed by atoms with Gasteiger partial charge in [-0.25, -0.2) is 13.2 Å². The Morgan fingerprint density at radius 3 is 1.90 bits per heavy atom. The number of rotatable bonds is 5. The molecule has 0 saturated carbocycles. The van der Waals surface area contributed by atoms with Crippen LogP contribution < -0.4 is 5.32 Å². The summed E-state index contributed by atoms with van der Waals surface area (Å²) in [6, 6.07) is 11.2. The first-order chi connectivity index (χ1) is 13.9. The summed E-state index contributed by atoms with van der Waals surface area (Å²) in [6.07, 6.45) is 1.03. The molecule has 1 aliphatic heterocycles. The monoisotopic (exact) mass is 430 g/mol. The maximum absolute atomic E-state index is 13.0. The van der Waals surface area contributed by atoms with E-state index in [1.54, 1.807) is 12.1 Å². The van der Waals surface area contributed by atoms with Gasteiger partial charge in [-0.2, -0.15) is 0 Å². The Labute approximate surface area is 172 Å². The molecule has 1 aliphatic rings. The molecule has 0 saturated heterocycles. The highest BCUT2D eigenvalue weighted by atomic mass is 32.2. The summed E-state index contributed by atoms with van der Waals surface area (Å²) >= 11 is 0. The molecule has 3 rings (SSSR count). The lowest BCUT2D eigenvalue weighted by atomic mass is 9.92. The SMILES string of the molecule is CC(=O)NC(C)(C(=O)ON1C(=O)c2ccccc2C1=O)c1ccc(S(C)(=O)=O)cc1. The van der Waals surface area contributed by atoms with Crippen LogP contribution in [0.4, 0.5) is 0 Å². The van der Waals surface area contributed by atoms with Crippen LogP contribution in [0.2, 0.25) is 0 Å². The molecular weight excluding hydrogens is 412 g/mol. The smallest absolute Gasteiger partial charge is 0.337 e. The van der Waals surface area contributed by atoms with E-state index in [4.69, 9.17) is 4.84 Å². The van der Waals surface area contributed by atoms with Gasteiger partial charge < -0.3 is 10.2 Å². The molecule has 2 aromatic rings. The third kappa shape index (κ3) is 3.69. The predicted molar refractivity (Wildman–Crippen MR) is 104 cm³/mol. The fourth-order valence-corrected chi connectivity index (χ4v) is 3.68. The molecule has 0 fully saturated rings. The first kappa shape index (κ1) is 21.2. The molecule has 156 valence electrons. The topological polar surface area (TPSA) is 127 Å². The molecule has 30 heavy (non-hydrogen) atoms. The minimum atomic E-state index is -3.47. The maximum Gasteiger partial charge on any atom is 0.362 e. The van der Waals surface area contributed by atoms with E-state index in [0.29, 0.717) is 5.06 Å². The van der Waals surface area contributed by atoms with Crippen molar-refractivity contribution in [3.63, 3.8) is 0 Å². The van der Waals surface area contributed by atoms with Crippen LogP contribution in [0.3, 0.4) is 0 Å². The van der Waals surface area contributed by atoms with E-state index in [2.05, 4.69) is 5.32 Å². The van der Waals surface area contributed by atoms with Gasteiger partial charge in [0.2, 0.25) is 5.91 Å². The van der Waals surface area contributed by atoms with Crippen molar-refractivity contribution in [3.05, 3.63) is 65.2 Å². The van der Waals surface area contributed by atoms with E-state index in [9.17, 15) is 27.6 Å². The van der Waals surface area contributed by atoms with Crippen LogP contribution in [0.25, 0.3) is 0 Å². The lowest BCUT2D eigenvalue weighted by molar-refractivity contribution is -0.177. The second kappa shape index (κ2) is 7.38. The molecule has 1 heterocycles. The number of nitrogens with one attached hydrogen (secondary N) is 1. The number of hydrogen-bond donors (Lipinski definition) is 1. The highest BCUT2D eigenvalue weighted by Crippen LogP contribution is 2.28. The summed E-state index contributed by atoms with van der Waals surface area (Å²) in [6.45, 7) is 2.50. The van der Waals surface area contributed by atoms with Gasteiger partial charge in [-0.15, -0.1) is 0 Å². The zero-order chi connectivity index (χ0) is 22.3. The Morgan fingerprint density at radius 2 is 1.47 bits per heavy atom. The summed E-state index contributed by atoms with van der Waals surface area (Å²) in [7, 11) is -3.47. The van der Waals surface area contributed by atoms with Crippen LogP contribution >= 0.6 is 0 Å². The zero-order valence-corrected chi connectivity index (χ0v) is 17.1. The molecule has 3 amide bonds. The van der Waals surface area contributed by atoms with Crippen LogP contribution in [0.15, 0.2) is 53.4 Å². The fraction of sp³-hybridized carbons (Fsp3) is 0.200. The van der Waals surface area contributed by atoms with Crippen molar-refractivity contribution in [2.45, 2.75) is 24.3 Å². The number of nitrogens with zero attached hydrogens (tertiary/aromatic N) is 1. The molecule has 0 spiro atoms. The molecule has 10 heteroatoms. The van der Waals surface area contributed by atoms with E-state index in [1.165, 1.54) is 50.2 Å². The van der Waals surface area contributed by atoms with Crippen molar-refractivity contribution in [1.82, 2.24) is 10.4 Å². The van der Waals surface area contributed by atoms with Gasteiger partial charge >= 0.3 is 5.97 Å². The van der Waals surface area contributed by atoms with E-state index in [-0.39, 0.29) is 21.6 Å². The van der Waals surface area contributed by atoms with Crippen LogP contribution in [0, 0.1) is 0 Å². The number of amides is 3. The maximum atomic E-state index is 13.0. The van der Waals surface area contributed by atoms with Gasteiger partial charge in [0, 0.05) is 13.2 Å². The number of fused-ring (bicyclic) bond motifs is 1. The van der Waals surface area contributed by atoms with Crippen molar-refractivity contribution < 1.29 is 32.4 Å². The van der Waals surface area contributed by atoms with Gasteiger partial charge in [0.15, 0.2) is 15.4 Å². The molecular formula is C20H18N2O7S. The van der Waals surface area contributed by atoms with Gasteiger partial charge in [0.25, 0.3) is 11.8 Å². The summed E-state index contributed by atoms with van der Waals surface area (Å²) in [5.74, 6) is -3.29. The number of hydroxylamine groups is 2. The van der Waals surface area contributed by atoms with Crippen molar-refractivity contribution in [3.8, 4) is 0 Å². The molecule has 0 aromatic heterocycles. The number of sulfone groups is 1. The van der Waals surface area contributed by atoms with E-state index in [0.717, 1.165) is 6.26 Å². The first-order valence-electron chi connectivity index (χ1n) is 8.74. The Kier molecular flexibility index (Phi) is 5.21. The van der Waals surface area contributed by atoms with Crippen molar-refractivity contribution in [2.24, 2.45) is 0 Å². The van der Waals surface area contributed by atoms with Gasteiger partial charge in [0.1, 0.15) is 0 Å². The lowest BCUT2D eigenvalue weighted by Gasteiger charge is -2.29.